The third-order valence-corrected chi connectivity index (χ3v) is 2.95. The molecule has 0 radical (unpaired) electrons. The van der Waals surface area contributed by atoms with Crippen LogP contribution in [0.1, 0.15) is 45.9 Å². The van der Waals surface area contributed by atoms with E-state index in [1.54, 1.807) is 0 Å². The minimum atomic E-state index is -0.481. The molecule has 0 saturated heterocycles. The zero-order valence-corrected chi connectivity index (χ0v) is 12.0. The molecule has 2 rings (SSSR count). The van der Waals surface area contributed by atoms with Crippen LogP contribution in [0.3, 0.4) is 0 Å². The van der Waals surface area contributed by atoms with E-state index in [9.17, 15) is 4.79 Å². The van der Waals surface area contributed by atoms with E-state index >= 15 is 0 Å². The molecule has 6 heteroatoms. The lowest BCUT2D eigenvalue weighted by Gasteiger charge is -2.27. The summed E-state index contributed by atoms with van der Waals surface area (Å²) in [5.74, 6) is 0. The number of nitrogens with one attached hydrogen (secondary N) is 2. The first-order valence-electron chi connectivity index (χ1n) is 6.70. The third-order valence-electron chi connectivity index (χ3n) is 2.95. The molecule has 1 aromatic rings. The zero-order valence-electron chi connectivity index (χ0n) is 12.0. The summed E-state index contributed by atoms with van der Waals surface area (Å²) in [4.78, 5) is 11.9. The molecule has 106 valence electrons. The van der Waals surface area contributed by atoms with Gasteiger partial charge in [-0.1, -0.05) is 0 Å². The van der Waals surface area contributed by atoms with Gasteiger partial charge in [-0.25, -0.2) is 4.79 Å². The van der Waals surface area contributed by atoms with Gasteiger partial charge in [-0.3, -0.25) is 4.68 Å². The van der Waals surface area contributed by atoms with Crippen LogP contribution in [-0.4, -0.2) is 28.0 Å². The average molecular weight is 266 g/mol. The summed E-state index contributed by atoms with van der Waals surface area (Å²) in [7, 11) is 0. The number of ether oxygens (including phenoxy) is 1. The first kappa shape index (κ1) is 13.7. The lowest BCUT2D eigenvalue weighted by molar-refractivity contribution is 0.0499. The van der Waals surface area contributed by atoms with E-state index in [1.165, 1.54) is 0 Å². The van der Waals surface area contributed by atoms with Gasteiger partial charge in [-0.2, -0.15) is 5.10 Å². The van der Waals surface area contributed by atoms with E-state index in [-0.39, 0.29) is 12.1 Å². The van der Waals surface area contributed by atoms with Crippen molar-refractivity contribution in [2.24, 2.45) is 0 Å². The second kappa shape index (κ2) is 5.11. The van der Waals surface area contributed by atoms with Crippen molar-refractivity contribution in [2.45, 2.75) is 52.3 Å². The topological polar surface area (TPSA) is 68.2 Å². The lowest BCUT2D eigenvalue weighted by Crippen LogP contribution is -2.38. The highest BCUT2D eigenvalue weighted by Gasteiger charge is 2.27. The van der Waals surface area contributed by atoms with Crippen molar-refractivity contribution >= 4 is 11.8 Å². The normalized spacial score (nSPS) is 18.4. The van der Waals surface area contributed by atoms with Crippen LogP contribution in [0.4, 0.5) is 10.5 Å². The van der Waals surface area contributed by atoms with Gasteiger partial charge >= 0.3 is 6.09 Å². The molecule has 1 aliphatic rings. The summed E-state index contributed by atoms with van der Waals surface area (Å²) >= 11 is 0. The van der Waals surface area contributed by atoms with Gasteiger partial charge in [0.15, 0.2) is 0 Å². The predicted molar refractivity (Wildman–Crippen MR) is 73.1 cm³/mol. The van der Waals surface area contributed by atoms with E-state index in [1.807, 2.05) is 38.6 Å². The van der Waals surface area contributed by atoms with Gasteiger partial charge in [0.1, 0.15) is 5.60 Å². The molecule has 2 N–H and O–H groups in total. The van der Waals surface area contributed by atoms with Crippen LogP contribution in [0.5, 0.6) is 0 Å². The molecule has 0 fully saturated rings. The number of hydrogen-bond donors (Lipinski definition) is 2. The molecule has 0 aliphatic carbocycles. The van der Waals surface area contributed by atoms with E-state index in [0.717, 1.165) is 30.9 Å². The van der Waals surface area contributed by atoms with Crippen LogP contribution in [0, 0.1) is 0 Å². The Labute approximate surface area is 113 Å². The highest BCUT2D eigenvalue weighted by atomic mass is 16.6. The van der Waals surface area contributed by atoms with Crippen LogP contribution in [0.25, 0.3) is 0 Å². The molecule has 1 aliphatic heterocycles. The number of carbonyl (C=O) groups excluding carboxylic acids is 1. The molecule has 0 aromatic carbocycles. The number of amides is 1. The number of fused-ring (bicyclic) bond motifs is 1. The number of anilines is 1. The SMILES string of the molecule is CCn1ncc2c1C(NC(=O)OC(C)(C)C)CCN2. The van der Waals surface area contributed by atoms with Crippen molar-refractivity contribution in [3.8, 4) is 0 Å². The number of nitrogens with zero attached hydrogens (tertiary/aromatic N) is 2. The van der Waals surface area contributed by atoms with E-state index < -0.39 is 5.60 Å². The molecular formula is C13H22N4O2. The Kier molecular flexibility index (Phi) is 3.68. The molecule has 1 atom stereocenters. The Morgan fingerprint density at radius 3 is 3.00 bits per heavy atom. The predicted octanol–water partition coefficient (Wildman–Crippen LogP) is 2.28. The highest BCUT2D eigenvalue weighted by molar-refractivity contribution is 5.69. The monoisotopic (exact) mass is 266 g/mol. The van der Waals surface area contributed by atoms with Crippen molar-refractivity contribution in [1.82, 2.24) is 15.1 Å². The molecule has 2 heterocycles. The molecule has 19 heavy (non-hydrogen) atoms. The summed E-state index contributed by atoms with van der Waals surface area (Å²) in [6.07, 6.45) is 2.26. The molecule has 1 amide bonds. The summed E-state index contributed by atoms with van der Waals surface area (Å²) in [5, 5.41) is 10.5. The van der Waals surface area contributed by atoms with Gasteiger partial charge in [0.2, 0.25) is 0 Å². The molecule has 1 unspecified atom stereocenters. The lowest BCUT2D eigenvalue weighted by atomic mass is 10.1. The standard InChI is InChI=1S/C13H22N4O2/c1-5-17-11-9(6-7-14-10(11)8-15-17)16-12(18)19-13(2,3)4/h8-9,14H,5-7H2,1-4H3,(H,16,18). The fourth-order valence-electron chi connectivity index (χ4n) is 2.23. The van der Waals surface area contributed by atoms with Crippen LogP contribution in [0.2, 0.25) is 0 Å². The number of aromatic nitrogens is 2. The molecule has 6 nitrogen and oxygen atoms in total. The average Bonchev–Trinajstić information content (AvgIpc) is 2.70. The van der Waals surface area contributed by atoms with E-state index in [4.69, 9.17) is 4.74 Å². The number of alkyl carbamates (subject to hydrolysis) is 1. The van der Waals surface area contributed by atoms with Crippen LogP contribution in [-0.2, 0) is 11.3 Å². The smallest absolute Gasteiger partial charge is 0.408 e. The molecule has 0 spiro atoms. The van der Waals surface area contributed by atoms with Crippen molar-refractivity contribution in [3.63, 3.8) is 0 Å². The summed E-state index contributed by atoms with van der Waals surface area (Å²) in [5.41, 5.74) is 1.54. The fourth-order valence-corrected chi connectivity index (χ4v) is 2.23. The first-order chi connectivity index (χ1) is 8.90. The second-order valence-corrected chi connectivity index (χ2v) is 5.67. The van der Waals surface area contributed by atoms with Crippen LogP contribution in [0.15, 0.2) is 6.20 Å². The number of carbonyl (C=O) groups is 1. The Morgan fingerprint density at radius 1 is 1.63 bits per heavy atom. The van der Waals surface area contributed by atoms with Crippen molar-refractivity contribution in [3.05, 3.63) is 11.9 Å². The van der Waals surface area contributed by atoms with E-state index in [2.05, 4.69) is 15.7 Å². The third kappa shape index (κ3) is 3.19. The summed E-state index contributed by atoms with van der Waals surface area (Å²) in [6, 6.07) is -0.0476. The van der Waals surface area contributed by atoms with Gasteiger partial charge in [0.05, 0.1) is 23.6 Å². The van der Waals surface area contributed by atoms with Crippen LogP contribution < -0.4 is 10.6 Å². The Hall–Kier alpha value is -1.72. The van der Waals surface area contributed by atoms with E-state index in [0.29, 0.717) is 0 Å². The number of hydrogen-bond acceptors (Lipinski definition) is 4. The maximum absolute atomic E-state index is 11.9. The Morgan fingerprint density at radius 2 is 2.37 bits per heavy atom. The van der Waals surface area contributed by atoms with Gasteiger partial charge < -0.3 is 15.4 Å². The van der Waals surface area contributed by atoms with Gasteiger partial charge in [0, 0.05) is 13.1 Å². The van der Waals surface area contributed by atoms with Gasteiger partial charge in [-0.05, 0) is 34.1 Å². The Balaban J connectivity index is 2.11. The largest absolute Gasteiger partial charge is 0.444 e. The summed E-state index contributed by atoms with van der Waals surface area (Å²) < 4.78 is 7.21. The van der Waals surface area contributed by atoms with Gasteiger partial charge in [0.25, 0.3) is 0 Å². The first-order valence-corrected chi connectivity index (χ1v) is 6.70. The number of rotatable bonds is 2. The minimum Gasteiger partial charge on any atom is -0.444 e. The maximum Gasteiger partial charge on any atom is 0.408 e. The quantitative estimate of drug-likeness (QED) is 0.861. The fraction of sp³-hybridized carbons (Fsp3) is 0.692. The Bertz CT molecular complexity index is 448. The molecule has 0 saturated carbocycles. The maximum atomic E-state index is 11.9. The van der Waals surface area contributed by atoms with Gasteiger partial charge in [-0.15, -0.1) is 0 Å². The second-order valence-electron chi connectivity index (χ2n) is 5.67. The number of aryl methyl sites for hydroxylation is 1. The van der Waals surface area contributed by atoms with Crippen molar-refractivity contribution < 1.29 is 9.53 Å². The van der Waals surface area contributed by atoms with Crippen LogP contribution >= 0.6 is 0 Å². The minimum absolute atomic E-state index is 0.0476. The molecular weight excluding hydrogens is 244 g/mol. The van der Waals surface area contributed by atoms with Crippen molar-refractivity contribution in [1.29, 1.82) is 0 Å². The molecule has 1 aromatic heterocycles. The highest BCUT2D eigenvalue weighted by Crippen LogP contribution is 2.29. The van der Waals surface area contributed by atoms with Crippen molar-refractivity contribution in [2.75, 3.05) is 11.9 Å². The summed E-state index contributed by atoms with van der Waals surface area (Å²) in [6.45, 7) is 9.21. The molecule has 0 bridgehead atoms. The zero-order chi connectivity index (χ0) is 14.0.